The third-order valence-electron chi connectivity index (χ3n) is 4.73. The van der Waals surface area contributed by atoms with E-state index in [1.165, 1.54) is 16.7 Å². The van der Waals surface area contributed by atoms with E-state index in [2.05, 4.69) is 17.4 Å². The standard InChI is InChI=1S/C18H19NO3/c1-21-12-3-4-13-11(7-12)8-14-16-10(5-6-19-14)9-15(20)18(22-2)17(13)16/h3-4,7,9,14,19-20H,5-6,8H2,1-2H3. The molecule has 2 N–H and O–H groups in total. The van der Waals surface area contributed by atoms with Crippen LogP contribution < -0.4 is 14.8 Å². The molecule has 2 aromatic carbocycles. The second kappa shape index (κ2) is 4.92. The van der Waals surface area contributed by atoms with Crippen molar-refractivity contribution in [3.63, 3.8) is 0 Å². The molecule has 2 aliphatic rings. The summed E-state index contributed by atoms with van der Waals surface area (Å²) in [6.45, 7) is 0.933. The van der Waals surface area contributed by atoms with Gasteiger partial charge in [0.2, 0.25) is 0 Å². The van der Waals surface area contributed by atoms with Crippen molar-refractivity contribution in [2.45, 2.75) is 18.9 Å². The van der Waals surface area contributed by atoms with Crippen molar-refractivity contribution >= 4 is 0 Å². The normalized spacial score (nSPS) is 18.4. The first-order valence-corrected chi connectivity index (χ1v) is 7.56. The van der Waals surface area contributed by atoms with Crippen LogP contribution >= 0.6 is 0 Å². The van der Waals surface area contributed by atoms with Crippen molar-refractivity contribution in [3.8, 4) is 28.4 Å². The Kier molecular flexibility index (Phi) is 3.01. The molecular weight excluding hydrogens is 278 g/mol. The van der Waals surface area contributed by atoms with Crippen LogP contribution in [0.4, 0.5) is 0 Å². The number of benzene rings is 2. The molecule has 1 atom stereocenters. The predicted octanol–water partition coefficient (Wildman–Crippen LogP) is 2.82. The first-order valence-electron chi connectivity index (χ1n) is 7.56. The molecule has 4 heteroatoms. The van der Waals surface area contributed by atoms with Gasteiger partial charge in [-0.25, -0.2) is 0 Å². The molecule has 4 rings (SSSR count). The summed E-state index contributed by atoms with van der Waals surface area (Å²) in [5.74, 6) is 1.65. The third-order valence-corrected chi connectivity index (χ3v) is 4.73. The van der Waals surface area contributed by atoms with Gasteiger partial charge < -0.3 is 19.9 Å². The van der Waals surface area contributed by atoms with Crippen molar-refractivity contribution in [1.29, 1.82) is 0 Å². The van der Waals surface area contributed by atoms with Gasteiger partial charge in [-0.15, -0.1) is 0 Å². The molecule has 0 amide bonds. The van der Waals surface area contributed by atoms with E-state index >= 15 is 0 Å². The van der Waals surface area contributed by atoms with Gasteiger partial charge in [-0.05, 0) is 59.8 Å². The molecule has 4 nitrogen and oxygen atoms in total. The van der Waals surface area contributed by atoms with E-state index in [1.54, 1.807) is 14.2 Å². The number of ether oxygens (including phenoxy) is 2. The number of rotatable bonds is 2. The maximum atomic E-state index is 10.3. The predicted molar refractivity (Wildman–Crippen MR) is 84.8 cm³/mol. The van der Waals surface area contributed by atoms with Gasteiger partial charge in [0.05, 0.1) is 14.2 Å². The van der Waals surface area contributed by atoms with Crippen LogP contribution in [-0.2, 0) is 12.8 Å². The highest BCUT2D eigenvalue weighted by molar-refractivity contribution is 5.83. The second-order valence-electron chi connectivity index (χ2n) is 5.86. The fourth-order valence-electron chi connectivity index (χ4n) is 3.79. The molecule has 1 unspecified atom stereocenters. The van der Waals surface area contributed by atoms with Gasteiger partial charge in [0.15, 0.2) is 11.5 Å². The first-order chi connectivity index (χ1) is 10.7. The van der Waals surface area contributed by atoms with Gasteiger partial charge in [-0.3, -0.25) is 0 Å². The number of phenols is 1. The minimum Gasteiger partial charge on any atom is -0.504 e. The van der Waals surface area contributed by atoms with Crippen LogP contribution in [0.15, 0.2) is 24.3 Å². The van der Waals surface area contributed by atoms with Gasteiger partial charge in [-0.1, -0.05) is 6.07 Å². The number of nitrogens with one attached hydrogen (secondary N) is 1. The molecule has 0 saturated carbocycles. The lowest BCUT2D eigenvalue weighted by atomic mass is 9.77. The molecule has 1 heterocycles. The van der Waals surface area contributed by atoms with E-state index in [-0.39, 0.29) is 11.8 Å². The summed E-state index contributed by atoms with van der Waals surface area (Å²) in [6.07, 6.45) is 1.86. The van der Waals surface area contributed by atoms with Crippen LogP contribution in [-0.4, -0.2) is 25.9 Å². The Morgan fingerprint density at radius 2 is 2.00 bits per heavy atom. The van der Waals surface area contributed by atoms with Gasteiger partial charge in [0, 0.05) is 11.6 Å². The van der Waals surface area contributed by atoms with E-state index < -0.39 is 0 Å². The molecule has 0 bridgehead atoms. The van der Waals surface area contributed by atoms with Gasteiger partial charge >= 0.3 is 0 Å². The quantitative estimate of drug-likeness (QED) is 0.895. The van der Waals surface area contributed by atoms with Crippen molar-refractivity contribution in [1.82, 2.24) is 5.32 Å². The topological polar surface area (TPSA) is 50.7 Å². The minimum absolute atomic E-state index is 0.223. The highest BCUT2D eigenvalue weighted by atomic mass is 16.5. The lowest BCUT2D eigenvalue weighted by Crippen LogP contribution is -2.33. The highest BCUT2D eigenvalue weighted by Crippen LogP contribution is 2.50. The van der Waals surface area contributed by atoms with Crippen molar-refractivity contribution < 1.29 is 14.6 Å². The van der Waals surface area contributed by atoms with Crippen LogP contribution in [0.2, 0.25) is 0 Å². The smallest absolute Gasteiger partial charge is 0.168 e. The molecular formula is C18H19NO3. The van der Waals surface area contributed by atoms with Crippen LogP contribution in [0.1, 0.15) is 22.7 Å². The van der Waals surface area contributed by atoms with Crippen molar-refractivity contribution in [2.75, 3.05) is 20.8 Å². The zero-order chi connectivity index (χ0) is 15.3. The lowest BCUT2D eigenvalue weighted by molar-refractivity contribution is 0.370. The van der Waals surface area contributed by atoms with Crippen molar-refractivity contribution in [3.05, 3.63) is 41.0 Å². The number of aromatic hydroxyl groups is 1. The van der Waals surface area contributed by atoms with Crippen molar-refractivity contribution in [2.24, 2.45) is 0 Å². The van der Waals surface area contributed by atoms with Crippen LogP contribution in [0, 0.1) is 0 Å². The largest absolute Gasteiger partial charge is 0.504 e. The highest BCUT2D eigenvalue weighted by Gasteiger charge is 2.33. The number of phenolic OH excluding ortho intramolecular Hbond substituents is 1. The summed E-state index contributed by atoms with van der Waals surface area (Å²) in [5, 5.41) is 13.9. The Morgan fingerprint density at radius 1 is 1.14 bits per heavy atom. The van der Waals surface area contributed by atoms with E-state index in [0.717, 1.165) is 36.3 Å². The monoisotopic (exact) mass is 297 g/mol. The fraction of sp³-hybridized carbons (Fsp3) is 0.333. The van der Waals surface area contributed by atoms with E-state index in [0.29, 0.717) is 5.75 Å². The lowest BCUT2D eigenvalue weighted by Gasteiger charge is -2.35. The van der Waals surface area contributed by atoms with Gasteiger partial charge in [-0.2, -0.15) is 0 Å². The molecule has 1 aliphatic heterocycles. The summed E-state index contributed by atoms with van der Waals surface area (Å²) in [7, 11) is 3.29. The first kappa shape index (κ1) is 13.5. The number of hydrogen-bond donors (Lipinski definition) is 2. The molecule has 1 aliphatic carbocycles. The van der Waals surface area contributed by atoms with Crippen LogP contribution in [0.5, 0.6) is 17.2 Å². The third kappa shape index (κ3) is 1.80. The minimum atomic E-state index is 0.223. The maximum Gasteiger partial charge on any atom is 0.168 e. The number of methoxy groups -OCH3 is 2. The molecule has 2 aromatic rings. The molecule has 0 aromatic heterocycles. The summed E-state index contributed by atoms with van der Waals surface area (Å²) >= 11 is 0. The van der Waals surface area contributed by atoms with E-state index in [1.807, 2.05) is 12.1 Å². The number of hydrogen-bond acceptors (Lipinski definition) is 4. The Bertz CT molecular complexity index is 754. The Morgan fingerprint density at radius 3 is 2.77 bits per heavy atom. The summed E-state index contributed by atoms with van der Waals surface area (Å²) < 4.78 is 10.9. The summed E-state index contributed by atoms with van der Waals surface area (Å²) in [5.41, 5.74) is 5.88. The van der Waals surface area contributed by atoms with E-state index in [4.69, 9.17) is 9.47 Å². The SMILES string of the molecule is COc1ccc2c(c1)CC1NCCc3cc(O)c(OC)c-2c31. The molecule has 0 fully saturated rings. The zero-order valence-electron chi connectivity index (χ0n) is 12.8. The molecule has 114 valence electrons. The van der Waals surface area contributed by atoms with Gasteiger partial charge in [0.1, 0.15) is 5.75 Å². The Labute approximate surface area is 129 Å². The molecule has 0 spiro atoms. The fourth-order valence-corrected chi connectivity index (χ4v) is 3.79. The zero-order valence-corrected chi connectivity index (χ0v) is 12.8. The maximum absolute atomic E-state index is 10.3. The number of fused-ring (bicyclic) bond motifs is 2. The summed E-state index contributed by atoms with van der Waals surface area (Å²) in [4.78, 5) is 0. The average molecular weight is 297 g/mol. The van der Waals surface area contributed by atoms with E-state index in [9.17, 15) is 5.11 Å². The van der Waals surface area contributed by atoms with Crippen LogP contribution in [0.25, 0.3) is 11.1 Å². The average Bonchev–Trinajstić information content (AvgIpc) is 2.54. The summed E-state index contributed by atoms with van der Waals surface area (Å²) in [6, 6.07) is 8.24. The Hall–Kier alpha value is -2.20. The van der Waals surface area contributed by atoms with Crippen LogP contribution in [0.3, 0.4) is 0 Å². The second-order valence-corrected chi connectivity index (χ2v) is 5.86. The molecule has 22 heavy (non-hydrogen) atoms. The molecule has 0 saturated heterocycles. The van der Waals surface area contributed by atoms with Gasteiger partial charge in [0.25, 0.3) is 0 Å². The Balaban J connectivity index is 2.04. The molecule has 0 radical (unpaired) electrons.